The molecule has 1 aromatic heterocycles. The second kappa shape index (κ2) is 9.02. The van der Waals surface area contributed by atoms with Gasteiger partial charge in [-0.1, -0.05) is 59.9 Å². The zero-order chi connectivity index (χ0) is 22.7. The normalized spacial score (nSPS) is 11.3. The number of rotatable bonds is 6. The lowest BCUT2D eigenvalue weighted by molar-refractivity contribution is -0.115. The predicted molar refractivity (Wildman–Crippen MR) is 125 cm³/mol. The van der Waals surface area contributed by atoms with Gasteiger partial charge in [-0.3, -0.25) is 4.79 Å². The second-order valence-electron chi connectivity index (χ2n) is 7.18. The number of hydrogen-bond acceptors (Lipinski definition) is 5. The van der Waals surface area contributed by atoms with Crippen LogP contribution in [0.5, 0.6) is 0 Å². The molecule has 1 amide bonds. The Balaban J connectivity index is 1.77. The van der Waals surface area contributed by atoms with Gasteiger partial charge < -0.3 is 5.32 Å². The highest BCUT2D eigenvalue weighted by Crippen LogP contribution is 2.41. The van der Waals surface area contributed by atoms with Crippen molar-refractivity contribution in [3.8, 4) is 21.7 Å². The fraction of sp³-hybridized carbons (Fsp3) is 0.0833. The Kier molecular flexibility index (Phi) is 6.16. The molecule has 4 aromatic rings. The van der Waals surface area contributed by atoms with Crippen molar-refractivity contribution in [3.63, 3.8) is 0 Å². The monoisotopic (exact) mass is 466 g/mol. The largest absolute Gasteiger partial charge is 0.302 e. The fourth-order valence-corrected chi connectivity index (χ4v) is 5.29. The Labute approximate surface area is 189 Å². The van der Waals surface area contributed by atoms with E-state index in [4.69, 9.17) is 0 Å². The van der Waals surface area contributed by atoms with Crippen molar-refractivity contribution in [1.82, 2.24) is 4.98 Å². The number of amides is 1. The molecule has 0 spiro atoms. The van der Waals surface area contributed by atoms with Crippen LogP contribution in [0, 0.1) is 5.82 Å². The van der Waals surface area contributed by atoms with Gasteiger partial charge in [0.25, 0.3) is 0 Å². The van der Waals surface area contributed by atoms with Crippen molar-refractivity contribution in [2.75, 3.05) is 11.6 Å². The van der Waals surface area contributed by atoms with Gasteiger partial charge in [-0.15, -0.1) is 0 Å². The van der Waals surface area contributed by atoms with Gasteiger partial charge in [-0.2, -0.15) is 0 Å². The van der Waals surface area contributed by atoms with Crippen LogP contribution in [0.3, 0.4) is 0 Å². The molecule has 1 N–H and O–H groups in total. The zero-order valence-electron chi connectivity index (χ0n) is 17.1. The first-order chi connectivity index (χ1) is 15.3. The van der Waals surface area contributed by atoms with Gasteiger partial charge >= 0.3 is 0 Å². The number of halogens is 1. The van der Waals surface area contributed by atoms with E-state index in [0.29, 0.717) is 26.8 Å². The van der Waals surface area contributed by atoms with E-state index >= 15 is 0 Å². The van der Waals surface area contributed by atoms with Crippen molar-refractivity contribution in [2.45, 2.75) is 11.3 Å². The fourth-order valence-electron chi connectivity index (χ4n) is 3.28. The summed E-state index contributed by atoms with van der Waals surface area (Å²) in [6.45, 7) is 0. The van der Waals surface area contributed by atoms with Crippen LogP contribution in [0.4, 0.5) is 9.52 Å². The second-order valence-corrected chi connectivity index (χ2v) is 10.2. The van der Waals surface area contributed by atoms with Crippen LogP contribution >= 0.6 is 11.3 Å². The van der Waals surface area contributed by atoms with Gasteiger partial charge in [-0.05, 0) is 35.9 Å². The van der Waals surface area contributed by atoms with Gasteiger partial charge in [0.15, 0.2) is 15.0 Å². The number of aromatic nitrogens is 1. The maximum absolute atomic E-state index is 13.5. The predicted octanol–water partition coefficient (Wildman–Crippen LogP) is 5.20. The van der Waals surface area contributed by atoms with E-state index in [0.717, 1.165) is 11.8 Å². The first-order valence-electron chi connectivity index (χ1n) is 9.71. The summed E-state index contributed by atoms with van der Waals surface area (Å²) in [5, 5.41) is 3.14. The van der Waals surface area contributed by atoms with Gasteiger partial charge in [-0.25, -0.2) is 17.8 Å². The highest BCUT2D eigenvalue weighted by atomic mass is 32.2. The third kappa shape index (κ3) is 4.92. The number of anilines is 1. The van der Waals surface area contributed by atoms with Crippen LogP contribution in [-0.2, 0) is 21.1 Å². The number of carbonyl (C=O) groups is 1. The first kappa shape index (κ1) is 21.9. The summed E-state index contributed by atoms with van der Waals surface area (Å²) in [6.07, 6.45) is 1.33. The number of nitrogens with zero attached hydrogens (tertiary/aromatic N) is 1. The van der Waals surface area contributed by atoms with Gasteiger partial charge in [0.05, 0.1) is 21.9 Å². The van der Waals surface area contributed by atoms with Crippen LogP contribution in [0.25, 0.3) is 21.7 Å². The minimum atomic E-state index is -3.51. The summed E-state index contributed by atoms with van der Waals surface area (Å²) < 4.78 is 38.2. The topological polar surface area (TPSA) is 76.1 Å². The molecule has 0 radical (unpaired) electrons. The summed E-state index contributed by atoms with van der Waals surface area (Å²) >= 11 is 1.18. The lowest BCUT2D eigenvalue weighted by Gasteiger charge is -2.08. The number of benzene rings is 3. The molecule has 0 atom stereocenters. The van der Waals surface area contributed by atoms with Gasteiger partial charge in [0.2, 0.25) is 5.91 Å². The third-order valence-corrected chi connectivity index (χ3v) is 6.89. The summed E-state index contributed by atoms with van der Waals surface area (Å²) in [4.78, 5) is 17.9. The molecule has 1 heterocycles. The van der Waals surface area contributed by atoms with Crippen molar-refractivity contribution < 1.29 is 17.6 Å². The van der Waals surface area contributed by atoms with Crippen LogP contribution in [0.1, 0.15) is 5.56 Å². The lowest BCUT2D eigenvalue weighted by Crippen LogP contribution is -2.14. The number of hydrogen-bond donors (Lipinski definition) is 1. The van der Waals surface area contributed by atoms with E-state index in [1.807, 2.05) is 30.3 Å². The Morgan fingerprint density at radius 1 is 0.969 bits per heavy atom. The number of nitrogens with one attached hydrogen (secondary N) is 1. The molecule has 162 valence electrons. The van der Waals surface area contributed by atoms with E-state index in [9.17, 15) is 17.6 Å². The van der Waals surface area contributed by atoms with Crippen LogP contribution in [0.15, 0.2) is 83.8 Å². The molecule has 0 aliphatic carbocycles. The molecule has 0 unspecified atom stereocenters. The third-order valence-electron chi connectivity index (χ3n) is 4.73. The molecule has 0 saturated heterocycles. The molecule has 0 bridgehead atoms. The van der Waals surface area contributed by atoms with Crippen molar-refractivity contribution >= 4 is 32.2 Å². The van der Waals surface area contributed by atoms with E-state index in [2.05, 4.69) is 10.3 Å². The first-order valence-corrected chi connectivity index (χ1v) is 12.4. The van der Waals surface area contributed by atoms with E-state index in [1.54, 1.807) is 30.3 Å². The Morgan fingerprint density at radius 2 is 1.62 bits per heavy atom. The summed E-state index contributed by atoms with van der Waals surface area (Å²) in [7, 11) is -3.51. The number of carbonyl (C=O) groups excluding carboxylic acids is 1. The molecule has 4 rings (SSSR count). The lowest BCUT2D eigenvalue weighted by atomic mass is 10.1. The quantitative estimate of drug-likeness (QED) is 0.424. The molecule has 0 fully saturated rings. The Morgan fingerprint density at radius 3 is 2.31 bits per heavy atom. The Hall–Kier alpha value is -3.36. The van der Waals surface area contributed by atoms with E-state index in [1.165, 1.54) is 29.5 Å². The number of thiazole rings is 1. The Bertz CT molecular complexity index is 1370. The molecule has 3 aromatic carbocycles. The van der Waals surface area contributed by atoms with Crippen molar-refractivity contribution in [3.05, 3.63) is 90.2 Å². The zero-order valence-corrected chi connectivity index (χ0v) is 18.7. The molecule has 0 aliphatic rings. The van der Waals surface area contributed by atoms with Crippen molar-refractivity contribution in [2.24, 2.45) is 0 Å². The highest BCUT2D eigenvalue weighted by molar-refractivity contribution is 7.90. The van der Waals surface area contributed by atoms with Crippen LogP contribution in [-0.4, -0.2) is 25.6 Å². The minimum absolute atomic E-state index is 0.161. The van der Waals surface area contributed by atoms with Gasteiger partial charge in [0.1, 0.15) is 5.82 Å². The summed E-state index contributed by atoms with van der Waals surface area (Å²) in [5.74, 6) is -0.628. The average Bonchev–Trinajstić information content (AvgIpc) is 3.17. The van der Waals surface area contributed by atoms with Crippen molar-refractivity contribution in [1.29, 1.82) is 0 Å². The molecule has 5 nitrogen and oxygen atoms in total. The van der Waals surface area contributed by atoms with Gasteiger partial charge in [0, 0.05) is 17.4 Å². The molecular weight excluding hydrogens is 447 g/mol. The van der Waals surface area contributed by atoms with E-state index < -0.39 is 15.7 Å². The SMILES string of the molecule is CS(=O)(=O)c1ccccc1-c1sc(NC(=O)Cc2ccccc2)nc1-c1ccc(F)cc1. The van der Waals surface area contributed by atoms with E-state index in [-0.39, 0.29) is 17.2 Å². The number of sulfone groups is 1. The summed E-state index contributed by atoms with van der Waals surface area (Å²) in [6, 6.07) is 21.7. The average molecular weight is 467 g/mol. The van der Waals surface area contributed by atoms with Crippen LogP contribution < -0.4 is 5.32 Å². The standard InChI is InChI=1S/C24H19FN2O3S2/c1-32(29,30)20-10-6-5-9-19(20)23-22(17-11-13-18(25)14-12-17)27-24(31-23)26-21(28)15-16-7-3-2-4-8-16/h2-14H,15H2,1H3,(H,26,27,28). The molecule has 8 heteroatoms. The minimum Gasteiger partial charge on any atom is -0.302 e. The van der Waals surface area contributed by atoms with Crippen LogP contribution in [0.2, 0.25) is 0 Å². The maximum Gasteiger partial charge on any atom is 0.230 e. The summed E-state index contributed by atoms with van der Waals surface area (Å²) in [5.41, 5.74) is 2.43. The molecule has 0 aliphatic heterocycles. The molecule has 32 heavy (non-hydrogen) atoms. The maximum atomic E-state index is 13.5. The highest BCUT2D eigenvalue weighted by Gasteiger charge is 2.22. The molecule has 0 saturated carbocycles. The smallest absolute Gasteiger partial charge is 0.230 e. The molecular formula is C24H19FN2O3S2.